The number of ether oxygens (including phenoxy) is 1. The first kappa shape index (κ1) is 10.9. The number of oxime groups is 1. The SMILES string of the molecule is Cn1cc(Oc2nccc(/C(N)=N/O)n2)cn1. The third-order valence-electron chi connectivity index (χ3n) is 1.89. The highest BCUT2D eigenvalue weighted by molar-refractivity contribution is 5.95. The Labute approximate surface area is 96.4 Å². The molecule has 3 N–H and O–H groups in total. The van der Waals surface area contributed by atoms with Crippen molar-refractivity contribution >= 4 is 5.84 Å². The highest BCUT2D eigenvalue weighted by atomic mass is 16.5. The Balaban J connectivity index is 2.22. The van der Waals surface area contributed by atoms with Crippen LogP contribution in [0.5, 0.6) is 11.8 Å². The molecular weight excluding hydrogens is 224 g/mol. The molecular formula is C9H10N6O2. The Hall–Kier alpha value is -2.64. The summed E-state index contributed by atoms with van der Waals surface area (Å²) >= 11 is 0. The molecule has 2 aromatic rings. The van der Waals surface area contributed by atoms with Crippen molar-refractivity contribution < 1.29 is 9.94 Å². The van der Waals surface area contributed by atoms with Crippen LogP contribution in [0.3, 0.4) is 0 Å². The fourth-order valence-electron chi connectivity index (χ4n) is 1.14. The third kappa shape index (κ3) is 2.48. The van der Waals surface area contributed by atoms with Crippen molar-refractivity contribution in [2.45, 2.75) is 0 Å². The quantitative estimate of drug-likeness (QED) is 0.337. The summed E-state index contributed by atoms with van der Waals surface area (Å²) in [4.78, 5) is 7.86. The molecule has 8 heteroatoms. The van der Waals surface area contributed by atoms with Gasteiger partial charge in [0.1, 0.15) is 5.69 Å². The molecule has 88 valence electrons. The predicted molar refractivity (Wildman–Crippen MR) is 57.8 cm³/mol. The molecule has 2 rings (SSSR count). The largest absolute Gasteiger partial charge is 0.421 e. The van der Waals surface area contributed by atoms with Gasteiger partial charge in [-0.3, -0.25) is 4.68 Å². The van der Waals surface area contributed by atoms with Crippen LogP contribution in [0, 0.1) is 0 Å². The minimum Gasteiger partial charge on any atom is -0.421 e. The Morgan fingerprint density at radius 1 is 1.59 bits per heavy atom. The number of hydrogen-bond donors (Lipinski definition) is 2. The molecule has 0 spiro atoms. The maximum Gasteiger partial charge on any atom is 0.322 e. The Kier molecular flexibility index (Phi) is 2.86. The predicted octanol–water partition coefficient (Wildman–Crippen LogP) is 0.0969. The second kappa shape index (κ2) is 4.47. The zero-order valence-corrected chi connectivity index (χ0v) is 8.98. The summed E-state index contributed by atoms with van der Waals surface area (Å²) in [5.41, 5.74) is 5.68. The summed E-state index contributed by atoms with van der Waals surface area (Å²) in [5.74, 6) is 0.396. The summed E-state index contributed by atoms with van der Waals surface area (Å²) in [6, 6.07) is 1.60. The van der Waals surface area contributed by atoms with Crippen molar-refractivity contribution in [3.05, 3.63) is 30.4 Å². The molecule has 0 unspecified atom stereocenters. The van der Waals surface area contributed by atoms with E-state index in [2.05, 4.69) is 20.2 Å². The van der Waals surface area contributed by atoms with Crippen LogP contribution in [0.1, 0.15) is 5.69 Å². The highest BCUT2D eigenvalue weighted by Crippen LogP contribution is 2.15. The van der Waals surface area contributed by atoms with Gasteiger partial charge in [0.25, 0.3) is 0 Å². The maximum atomic E-state index is 8.52. The lowest BCUT2D eigenvalue weighted by molar-refractivity contribution is 0.318. The van der Waals surface area contributed by atoms with Gasteiger partial charge in [0.2, 0.25) is 0 Å². The van der Waals surface area contributed by atoms with Crippen molar-refractivity contribution in [1.82, 2.24) is 19.7 Å². The van der Waals surface area contributed by atoms with Crippen LogP contribution in [0.2, 0.25) is 0 Å². The Morgan fingerprint density at radius 2 is 2.41 bits per heavy atom. The van der Waals surface area contributed by atoms with Gasteiger partial charge in [-0.2, -0.15) is 10.1 Å². The lowest BCUT2D eigenvalue weighted by Crippen LogP contribution is -2.15. The summed E-state index contributed by atoms with van der Waals surface area (Å²) in [6.07, 6.45) is 4.64. The van der Waals surface area contributed by atoms with Gasteiger partial charge >= 0.3 is 6.01 Å². The van der Waals surface area contributed by atoms with Gasteiger partial charge in [0.05, 0.1) is 12.4 Å². The van der Waals surface area contributed by atoms with Crippen molar-refractivity contribution in [2.24, 2.45) is 17.9 Å². The van der Waals surface area contributed by atoms with Crippen LogP contribution in [-0.4, -0.2) is 30.8 Å². The van der Waals surface area contributed by atoms with E-state index < -0.39 is 0 Å². The normalized spacial score (nSPS) is 11.5. The first-order valence-electron chi connectivity index (χ1n) is 4.66. The fourth-order valence-corrected chi connectivity index (χ4v) is 1.14. The van der Waals surface area contributed by atoms with Crippen LogP contribution < -0.4 is 10.5 Å². The molecule has 2 heterocycles. The average Bonchev–Trinajstić information content (AvgIpc) is 2.74. The Bertz CT molecular complexity index is 550. The topological polar surface area (TPSA) is 111 Å². The van der Waals surface area contributed by atoms with Gasteiger partial charge in [-0.1, -0.05) is 5.16 Å². The molecule has 0 bridgehead atoms. The number of aryl methyl sites for hydroxylation is 1. The molecule has 8 nitrogen and oxygen atoms in total. The summed E-state index contributed by atoms with van der Waals surface area (Å²) < 4.78 is 6.92. The lowest BCUT2D eigenvalue weighted by atomic mass is 10.4. The minimum atomic E-state index is -0.108. The standard InChI is InChI=1S/C9H10N6O2/c1-15-5-6(4-12-15)17-9-11-3-2-7(13-9)8(10)14-16/h2-5,16H,1H3,(H2,10,14). The first-order valence-corrected chi connectivity index (χ1v) is 4.66. The van der Waals surface area contributed by atoms with Gasteiger partial charge in [-0.25, -0.2) is 4.98 Å². The zero-order valence-electron chi connectivity index (χ0n) is 8.98. The summed E-state index contributed by atoms with van der Waals surface area (Å²) in [5, 5.41) is 15.3. The van der Waals surface area contributed by atoms with E-state index in [1.165, 1.54) is 18.5 Å². The average molecular weight is 234 g/mol. The van der Waals surface area contributed by atoms with E-state index in [9.17, 15) is 0 Å². The van der Waals surface area contributed by atoms with Gasteiger partial charge in [-0.15, -0.1) is 0 Å². The third-order valence-corrected chi connectivity index (χ3v) is 1.89. The molecule has 0 saturated heterocycles. The minimum absolute atomic E-state index is 0.0992. The molecule has 0 atom stereocenters. The number of hydrogen-bond acceptors (Lipinski definition) is 6. The molecule has 0 radical (unpaired) electrons. The lowest BCUT2D eigenvalue weighted by Gasteiger charge is -2.01. The van der Waals surface area contributed by atoms with E-state index >= 15 is 0 Å². The van der Waals surface area contributed by atoms with Crippen LogP contribution in [0.25, 0.3) is 0 Å². The van der Waals surface area contributed by atoms with Gasteiger partial charge in [0, 0.05) is 13.2 Å². The van der Waals surface area contributed by atoms with Crippen molar-refractivity contribution in [3.63, 3.8) is 0 Å². The van der Waals surface area contributed by atoms with Crippen LogP contribution in [0.15, 0.2) is 29.8 Å². The fraction of sp³-hybridized carbons (Fsp3) is 0.111. The van der Waals surface area contributed by atoms with E-state index in [0.717, 1.165) is 0 Å². The van der Waals surface area contributed by atoms with Gasteiger partial charge in [0.15, 0.2) is 11.6 Å². The number of aromatic nitrogens is 4. The van der Waals surface area contributed by atoms with Gasteiger partial charge in [-0.05, 0) is 6.07 Å². The van der Waals surface area contributed by atoms with E-state index in [1.54, 1.807) is 17.9 Å². The van der Waals surface area contributed by atoms with Crippen molar-refractivity contribution in [3.8, 4) is 11.8 Å². The van der Waals surface area contributed by atoms with E-state index in [0.29, 0.717) is 5.75 Å². The number of nitrogens with two attached hydrogens (primary N) is 1. The molecule has 0 fully saturated rings. The second-order valence-corrected chi connectivity index (χ2v) is 3.16. The molecule has 0 aliphatic rings. The molecule has 0 aliphatic carbocycles. The summed E-state index contributed by atoms with van der Waals surface area (Å²) in [6.45, 7) is 0. The molecule has 17 heavy (non-hydrogen) atoms. The Morgan fingerprint density at radius 3 is 3.06 bits per heavy atom. The monoisotopic (exact) mass is 234 g/mol. The van der Waals surface area contributed by atoms with Crippen LogP contribution in [0.4, 0.5) is 0 Å². The number of nitrogens with zero attached hydrogens (tertiary/aromatic N) is 5. The molecule has 2 aromatic heterocycles. The van der Waals surface area contributed by atoms with E-state index in [1.807, 2.05) is 0 Å². The van der Waals surface area contributed by atoms with Crippen molar-refractivity contribution in [2.75, 3.05) is 0 Å². The van der Waals surface area contributed by atoms with E-state index in [4.69, 9.17) is 15.7 Å². The highest BCUT2D eigenvalue weighted by Gasteiger charge is 2.06. The molecule has 0 saturated carbocycles. The molecule has 0 aliphatic heterocycles. The van der Waals surface area contributed by atoms with Gasteiger partial charge < -0.3 is 15.7 Å². The molecule has 0 amide bonds. The smallest absolute Gasteiger partial charge is 0.322 e. The number of rotatable bonds is 3. The summed E-state index contributed by atoms with van der Waals surface area (Å²) in [7, 11) is 1.76. The zero-order chi connectivity index (χ0) is 12.3. The number of amidine groups is 1. The molecule has 0 aromatic carbocycles. The van der Waals surface area contributed by atoms with Crippen molar-refractivity contribution in [1.29, 1.82) is 0 Å². The second-order valence-electron chi connectivity index (χ2n) is 3.16. The first-order chi connectivity index (χ1) is 8.19. The van der Waals surface area contributed by atoms with Crippen LogP contribution >= 0.6 is 0 Å². The van der Waals surface area contributed by atoms with Crippen LogP contribution in [-0.2, 0) is 7.05 Å². The van der Waals surface area contributed by atoms with E-state index in [-0.39, 0.29) is 17.5 Å². The maximum absolute atomic E-state index is 8.52.